The van der Waals surface area contributed by atoms with E-state index in [1.54, 1.807) is 19.1 Å². The molecule has 0 aliphatic rings. The quantitative estimate of drug-likeness (QED) is 0.833. The molecule has 0 saturated heterocycles. The molecule has 0 saturated carbocycles. The fourth-order valence-corrected chi connectivity index (χ4v) is 1.46. The lowest BCUT2D eigenvalue weighted by molar-refractivity contribution is 0.102. The van der Waals surface area contributed by atoms with Crippen molar-refractivity contribution in [3.8, 4) is 0 Å². The first kappa shape index (κ1) is 11.6. The van der Waals surface area contributed by atoms with E-state index >= 15 is 0 Å². The van der Waals surface area contributed by atoms with Gasteiger partial charge in [0, 0.05) is 11.8 Å². The Morgan fingerprint density at radius 2 is 2.24 bits per heavy atom. The first-order valence-corrected chi connectivity index (χ1v) is 5.32. The third-order valence-corrected chi connectivity index (χ3v) is 2.69. The zero-order valence-electron chi connectivity index (χ0n) is 9.32. The normalized spacial score (nSPS) is 10.3. The second kappa shape index (κ2) is 4.55. The van der Waals surface area contributed by atoms with Crippen molar-refractivity contribution in [3.63, 3.8) is 0 Å². The largest absolute Gasteiger partial charge is 0.338 e. The molecule has 88 valence electrons. The van der Waals surface area contributed by atoms with Crippen LogP contribution in [0.1, 0.15) is 21.6 Å². The van der Waals surface area contributed by atoms with Crippen molar-refractivity contribution in [1.29, 1.82) is 0 Å². The molecule has 0 bridgehead atoms. The Balaban J connectivity index is 2.23. The maximum absolute atomic E-state index is 11.9. The van der Waals surface area contributed by atoms with E-state index in [4.69, 9.17) is 16.1 Å². The molecule has 2 aromatic heterocycles. The number of anilines is 1. The molecule has 0 atom stereocenters. The van der Waals surface area contributed by atoms with Gasteiger partial charge >= 0.3 is 0 Å². The number of hydrogen-bond acceptors (Lipinski definition) is 4. The molecular weight excluding hydrogens is 242 g/mol. The van der Waals surface area contributed by atoms with Crippen LogP contribution in [0.5, 0.6) is 0 Å². The summed E-state index contributed by atoms with van der Waals surface area (Å²) in [5, 5.41) is 6.49. The van der Waals surface area contributed by atoms with E-state index < -0.39 is 0 Å². The van der Waals surface area contributed by atoms with Gasteiger partial charge in [0.1, 0.15) is 5.15 Å². The summed E-state index contributed by atoms with van der Waals surface area (Å²) in [5.74, 6) is -0.0465. The number of nitrogens with one attached hydrogen (secondary N) is 1. The second-order valence-electron chi connectivity index (χ2n) is 3.52. The number of halogens is 1. The van der Waals surface area contributed by atoms with Gasteiger partial charge in [-0.05, 0) is 26.0 Å². The lowest BCUT2D eigenvalue weighted by Gasteiger charge is -2.03. The van der Waals surface area contributed by atoms with Gasteiger partial charge in [-0.1, -0.05) is 16.8 Å². The minimum atomic E-state index is -0.373. The summed E-state index contributed by atoms with van der Waals surface area (Å²) >= 11 is 5.81. The van der Waals surface area contributed by atoms with Gasteiger partial charge in [-0.25, -0.2) is 4.98 Å². The highest BCUT2D eigenvalue weighted by atomic mass is 35.5. The van der Waals surface area contributed by atoms with Gasteiger partial charge in [-0.15, -0.1) is 0 Å². The van der Waals surface area contributed by atoms with Crippen LogP contribution in [-0.4, -0.2) is 16.0 Å². The molecule has 0 spiro atoms. The Kier molecular flexibility index (Phi) is 3.10. The molecule has 1 N–H and O–H groups in total. The van der Waals surface area contributed by atoms with Gasteiger partial charge in [0.15, 0.2) is 0 Å². The van der Waals surface area contributed by atoms with Crippen molar-refractivity contribution < 1.29 is 9.32 Å². The van der Waals surface area contributed by atoms with Gasteiger partial charge in [-0.3, -0.25) is 10.1 Å². The van der Waals surface area contributed by atoms with Crippen LogP contribution in [0.15, 0.2) is 22.9 Å². The van der Waals surface area contributed by atoms with E-state index in [1.165, 1.54) is 6.20 Å². The Morgan fingerprint density at radius 1 is 1.47 bits per heavy atom. The predicted molar refractivity (Wildman–Crippen MR) is 63.2 cm³/mol. The number of carbonyl (C=O) groups excluding carboxylic acids is 1. The van der Waals surface area contributed by atoms with Gasteiger partial charge in [-0.2, -0.15) is 0 Å². The standard InChI is InChI=1S/C11H10ClN3O2/c1-6-7(2)15-17-11(6)14-10(16)8-4-3-5-13-9(8)12/h3-5H,1-2H3,(H,14,16). The summed E-state index contributed by atoms with van der Waals surface area (Å²) in [6, 6.07) is 3.22. The van der Waals surface area contributed by atoms with Crippen molar-refractivity contribution in [1.82, 2.24) is 10.1 Å². The first-order chi connectivity index (χ1) is 8.09. The van der Waals surface area contributed by atoms with Crippen LogP contribution in [0, 0.1) is 13.8 Å². The number of hydrogen-bond donors (Lipinski definition) is 1. The van der Waals surface area contributed by atoms with Crippen molar-refractivity contribution >= 4 is 23.4 Å². The SMILES string of the molecule is Cc1noc(NC(=O)c2cccnc2Cl)c1C. The zero-order chi connectivity index (χ0) is 12.4. The molecule has 1 amide bonds. The van der Waals surface area contributed by atoms with Gasteiger partial charge in [0.25, 0.3) is 5.91 Å². The predicted octanol–water partition coefficient (Wildman–Crippen LogP) is 2.59. The Morgan fingerprint density at radius 3 is 2.82 bits per heavy atom. The molecule has 0 radical (unpaired) electrons. The highest BCUT2D eigenvalue weighted by Crippen LogP contribution is 2.19. The van der Waals surface area contributed by atoms with E-state index in [9.17, 15) is 4.79 Å². The molecule has 0 aliphatic carbocycles. The van der Waals surface area contributed by atoms with Crippen LogP contribution in [0.2, 0.25) is 5.15 Å². The number of carbonyl (C=O) groups is 1. The summed E-state index contributed by atoms with van der Waals surface area (Å²) < 4.78 is 4.98. The Bertz CT molecular complexity index is 566. The highest BCUT2D eigenvalue weighted by Gasteiger charge is 2.15. The molecular formula is C11H10ClN3O2. The zero-order valence-corrected chi connectivity index (χ0v) is 10.1. The maximum Gasteiger partial charge on any atom is 0.261 e. The van der Waals surface area contributed by atoms with E-state index in [0.717, 1.165) is 11.3 Å². The summed E-state index contributed by atoms with van der Waals surface area (Å²) in [4.78, 5) is 15.7. The minimum absolute atomic E-state index is 0.152. The minimum Gasteiger partial charge on any atom is -0.338 e. The number of aromatic nitrogens is 2. The molecule has 5 nitrogen and oxygen atoms in total. The first-order valence-electron chi connectivity index (χ1n) is 4.94. The highest BCUT2D eigenvalue weighted by molar-refractivity contribution is 6.33. The molecule has 17 heavy (non-hydrogen) atoms. The Labute approximate surface area is 103 Å². The van der Waals surface area contributed by atoms with E-state index in [2.05, 4.69) is 15.5 Å². The molecule has 2 rings (SSSR count). The van der Waals surface area contributed by atoms with Gasteiger partial charge in [0.05, 0.1) is 11.3 Å². The third-order valence-electron chi connectivity index (χ3n) is 2.39. The second-order valence-corrected chi connectivity index (χ2v) is 3.88. The van der Waals surface area contributed by atoms with Crippen LogP contribution in [-0.2, 0) is 0 Å². The van der Waals surface area contributed by atoms with Crippen molar-refractivity contribution in [2.75, 3.05) is 5.32 Å². The van der Waals surface area contributed by atoms with Crippen LogP contribution in [0.25, 0.3) is 0 Å². The van der Waals surface area contributed by atoms with E-state index in [0.29, 0.717) is 11.4 Å². The van der Waals surface area contributed by atoms with Crippen LogP contribution < -0.4 is 5.32 Å². The van der Waals surface area contributed by atoms with Crippen LogP contribution >= 0.6 is 11.6 Å². The molecule has 0 fully saturated rings. The van der Waals surface area contributed by atoms with Gasteiger partial charge in [0.2, 0.25) is 5.88 Å². The van der Waals surface area contributed by atoms with Crippen LogP contribution in [0.4, 0.5) is 5.88 Å². The van der Waals surface area contributed by atoms with Gasteiger partial charge < -0.3 is 4.52 Å². The fraction of sp³-hybridized carbons (Fsp3) is 0.182. The molecule has 0 unspecified atom stereocenters. The molecule has 2 aromatic rings. The third kappa shape index (κ3) is 2.29. The van der Waals surface area contributed by atoms with Crippen molar-refractivity contribution in [2.24, 2.45) is 0 Å². The molecule has 0 aliphatic heterocycles. The fourth-order valence-electron chi connectivity index (χ4n) is 1.26. The average molecular weight is 252 g/mol. The number of rotatable bonds is 2. The Hall–Kier alpha value is -1.88. The van der Waals surface area contributed by atoms with Crippen molar-refractivity contribution in [2.45, 2.75) is 13.8 Å². The average Bonchev–Trinajstić information content (AvgIpc) is 2.61. The topological polar surface area (TPSA) is 68.0 Å². The number of aryl methyl sites for hydroxylation is 1. The maximum atomic E-state index is 11.9. The summed E-state index contributed by atoms with van der Waals surface area (Å²) in [6.45, 7) is 3.61. The summed E-state index contributed by atoms with van der Waals surface area (Å²) in [6.07, 6.45) is 1.52. The lowest BCUT2D eigenvalue weighted by Crippen LogP contribution is -2.13. The van der Waals surface area contributed by atoms with E-state index in [-0.39, 0.29) is 11.1 Å². The lowest BCUT2D eigenvalue weighted by atomic mass is 10.2. The van der Waals surface area contributed by atoms with Crippen LogP contribution in [0.3, 0.4) is 0 Å². The number of nitrogens with zero attached hydrogens (tertiary/aromatic N) is 2. The number of pyridine rings is 1. The monoisotopic (exact) mass is 251 g/mol. The summed E-state index contributed by atoms with van der Waals surface area (Å²) in [7, 11) is 0. The smallest absolute Gasteiger partial charge is 0.261 e. The van der Waals surface area contributed by atoms with E-state index in [1.807, 2.05) is 6.92 Å². The van der Waals surface area contributed by atoms with Crippen molar-refractivity contribution in [3.05, 3.63) is 40.3 Å². The molecule has 2 heterocycles. The summed E-state index contributed by atoms with van der Waals surface area (Å²) in [5.41, 5.74) is 1.82. The molecule has 6 heteroatoms. The molecule has 0 aromatic carbocycles. The number of amides is 1.